The lowest BCUT2D eigenvalue weighted by Gasteiger charge is -2.25. The van der Waals surface area contributed by atoms with Crippen molar-refractivity contribution in [2.75, 3.05) is 0 Å². The van der Waals surface area contributed by atoms with Crippen LogP contribution < -0.4 is 0 Å². The van der Waals surface area contributed by atoms with E-state index in [1.165, 1.54) is 37.0 Å². The second kappa shape index (κ2) is 7.70. The Morgan fingerprint density at radius 3 is 2.88 bits per heavy atom. The first-order valence-electron chi connectivity index (χ1n) is 8.68. The number of aromatic nitrogens is 5. The average molecular weight is 376 g/mol. The highest BCUT2D eigenvalue weighted by atomic mass is 32.2. The van der Waals surface area contributed by atoms with Gasteiger partial charge in [0.05, 0.1) is 5.75 Å². The van der Waals surface area contributed by atoms with E-state index in [0.29, 0.717) is 23.5 Å². The van der Waals surface area contributed by atoms with Crippen LogP contribution in [0.5, 0.6) is 0 Å². The summed E-state index contributed by atoms with van der Waals surface area (Å²) in [5.74, 6) is 3.01. The molecule has 0 saturated heterocycles. The Hall–Kier alpha value is -1.67. The smallest absolute Gasteiger partial charge is 0.237 e. The molecule has 0 spiro atoms. The molecule has 0 atom stereocenters. The molecule has 6 nitrogen and oxygen atoms in total. The number of thioether (sulfide) groups is 1. The van der Waals surface area contributed by atoms with Gasteiger partial charge in [-0.3, -0.25) is 0 Å². The standard InChI is InChI=1S/C17H21N5OS2/c1-12-18-16(23-21-12)11-25-17-20-19-15(10-14-8-5-9-24-14)22(17)13-6-3-2-4-7-13/h5,8-9,13H,2-4,6-7,10-11H2,1H3. The van der Waals surface area contributed by atoms with E-state index in [4.69, 9.17) is 4.52 Å². The minimum Gasteiger partial charge on any atom is -0.338 e. The quantitative estimate of drug-likeness (QED) is 0.594. The topological polar surface area (TPSA) is 69.6 Å². The van der Waals surface area contributed by atoms with Gasteiger partial charge in [-0.15, -0.1) is 21.5 Å². The molecule has 132 valence electrons. The van der Waals surface area contributed by atoms with Crippen LogP contribution in [0.25, 0.3) is 0 Å². The Kier molecular flexibility index (Phi) is 5.17. The molecule has 1 aliphatic carbocycles. The zero-order valence-electron chi connectivity index (χ0n) is 14.2. The van der Waals surface area contributed by atoms with Crippen molar-refractivity contribution < 1.29 is 4.52 Å². The van der Waals surface area contributed by atoms with E-state index in [2.05, 4.69) is 42.4 Å². The van der Waals surface area contributed by atoms with Crippen molar-refractivity contribution in [3.8, 4) is 0 Å². The van der Waals surface area contributed by atoms with E-state index in [0.717, 1.165) is 17.4 Å². The minimum absolute atomic E-state index is 0.505. The van der Waals surface area contributed by atoms with Gasteiger partial charge in [-0.25, -0.2) is 0 Å². The molecule has 0 amide bonds. The fraction of sp³-hybridized carbons (Fsp3) is 0.529. The van der Waals surface area contributed by atoms with Crippen molar-refractivity contribution in [2.24, 2.45) is 0 Å². The molecule has 0 aliphatic heterocycles. The summed E-state index contributed by atoms with van der Waals surface area (Å²) >= 11 is 3.41. The fourth-order valence-corrected chi connectivity index (χ4v) is 4.89. The maximum atomic E-state index is 5.23. The van der Waals surface area contributed by atoms with Crippen molar-refractivity contribution in [1.29, 1.82) is 0 Å². The van der Waals surface area contributed by atoms with E-state index < -0.39 is 0 Å². The molecule has 0 radical (unpaired) electrons. The molecule has 0 unspecified atom stereocenters. The normalized spacial score (nSPS) is 15.7. The summed E-state index contributed by atoms with van der Waals surface area (Å²) in [6.45, 7) is 1.83. The molecule has 1 fully saturated rings. The van der Waals surface area contributed by atoms with Crippen molar-refractivity contribution in [3.63, 3.8) is 0 Å². The summed E-state index contributed by atoms with van der Waals surface area (Å²) in [6, 6.07) is 4.76. The summed E-state index contributed by atoms with van der Waals surface area (Å²) in [4.78, 5) is 5.61. The van der Waals surface area contributed by atoms with Gasteiger partial charge >= 0.3 is 0 Å². The van der Waals surface area contributed by atoms with Crippen LogP contribution in [0.3, 0.4) is 0 Å². The third kappa shape index (κ3) is 3.95. The fourth-order valence-electron chi connectivity index (χ4n) is 3.33. The summed E-state index contributed by atoms with van der Waals surface area (Å²) < 4.78 is 7.59. The second-order valence-electron chi connectivity index (χ2n) is 6.34. The van der Waals surface area contributed by atoms with Crippen LogP contribution in [-0.2, 0) is 12.2 Å². The maximum absolute atomic E-state index is 5.23. The largest absolute Gasteiger partial charge is 0.338 e. The molecule has 3 aromatic rings. The first kappa shape index (κ1) is 16.8. The van der Waals surface area contributed by atoms with Crippen molar-refractivity contribution in [1.82, 2.24) is 24.9 Å². The first-order chi connectivity index (χ1) is 12.3. The summed E-state index contributed by atoms with van der Waals surface area (Å²) in [5, 5.41) is 15.9. The Bertz CT molecular complexity index is 805. The Labute approximate surface area is 155 Å². The molecule has 1 saturated carbocycles. The number of hydrogen-bond acceptors (Lipinski definition) is 7. The lowest BCUT2D eigenvalue weighted by atomic mass is 9.95. The van der Waals surface area contributed by atoms with Crippen LogP contribution in [0.2, 0.25) is 0 Å². The third-order valence-corrected chi connectivity index (χ3v) is 6.29. The van der Waals surface area contributed by atoms with Crippen molar-refractivity contribution in [2.45, 2.75) is 62.4 Å². The monoisotopic (exact) mass is 375 g/mol. The SMILES string of the molecule is Cc1noc(CSc2nnc(Cc3cccs3)n2C2CCCCC2)n1. The van der Waals surface area contributed by atoms with Crippen LogP contribution in [0, 0.1) is 6.92 Å². The highest BCUT2D eigenvalue weighted by Gasteiger charge is 2.23. The van der Waals surface area contributed by atoms with Gasteiger partial charge < -0.3 is 9.09 Å². The van der Waals surface area contributed by atoms with Gasteiger partial charge in [-0.05, 0) is 31.2 Å². The predicted octanol–water partition coefficient (Wildman–Crippen LogP) is 4.42. The maximum Gasteiger partial charge on any atom is 0.237 e. The number of hydrogen-bond donors (Lipinski definition) is 0. The van der Waals surface area contributed by atoms with Crippen LogP contribution in [0.1, 0.15) is 60.6 Å². The predicted molar refractivity (Wildman–Crippen MR) is 97.9 cm³/mol. The van der Waals surface area contributed by atoms with E-state index in [9.17, 15) is 0 Å². The Morgan fingerprint density at radius 1 is 1.28 bits per heavy atom. The average Bonchev–Trinajstić information content (AvgIpc) is 3.36. The molecule has 25 heavy (non-hydrogen) atoms. The summed E-state index contributed by atoms with van der Waals surface area (Å²) in [5.41, 5.74) is 0. The first-order valence-corrected chi connectivity index (χ1v) is 10.5. The van der Waals surface area contributed by atoms with Gasteiger partial charge in [-0.1, -0.05) is 42.2 Å². The molecule has 0 bridgehead atoms. The van der Waals surface area contributed by atoms with Gasteiger partial charge in [0, 0.05) is 17.3 Å². The van der Waals surface area contributed by atoms with Gasteiger partial charge in [0.25, 0.3) is 0 Å². The number of rotatable bonds is 6. The zero-order chi connectivity index (χ0) is 17.1. The molecule has 0 aromatic carbocycles. The lowest BCUT2D eigenvalue weighted by Crippen LogP contribution is -2.16. The van der Waals surface area contributed by atoms with Crippen LogP contribution >= 0.6 is 23.1 Å². The highest BCUT2D eigenvalue weighted by Crippen LogP contribution is 2.34. The molecule has 3 aromatic heterocycles. The third-order valence-electron chi connectivity index (χ3n) is 4.48. The van der Waals surface area contributed by atoms with Crippen LogP contribution in [0.4, 0.5) is 0 Å². The lowest BCUT2D eigenvalue weighted by molar-refractivity contribution is 0.330. The van der Waals surface area contributed by atoms with E-state index >= 15 is 0 Å². The summed E-state index contributed by atoms with van der Waals surface area (Å²) in [6.07, 6.45) is 7.18. The summed E-state index contributed by atoms with van der Waals surface area (Å²) in [7, 11) is 0. The molecular formula is C17H21N5OS2. The number of nitrogens with zero attached hydrogens (tertiary/aromatic N) is 5. The van der Waals surface area contributed by atoms with Gasteiger partial charge in [0.1, 0.15) is 5.82 Å². The van der Waals surface area contributed by atoms with Crippen molar-refractivity contribution >= 4 is 23.1 Å². The minimum atomic E-state index is 0.505. The van der Waals surface area contributed by atoms with E-state index in [1.54, 1.807) is 23.1 Å². The number of aryl methyl sites for hydroxylation is 1. The van der Waals surface area contributed by atoms with Crippen LogP contribution in [0.15, 0.2) is 27.2 Å². The molecule has 0 N–H and O–H groups in total. The van der Waals surface area contributed by atoms with Gasteiger partial charge in [0.2, 0.25) is 5.89 Å². The molecule has 8 heteroatoms. The van der Waals surface area contributed by atoms with E-state index in [-0.39, 0.29) is 0 Å². The molecular weight excluding hydrogens is 354 g/mol. The zero-order valence-corrected chi connectivity index (χ0v) is 15.9. The van der Waals surface area contributed by atoms with E-state index in [1.807, 2.05) is 6.92 Å². The highest BCUT2D eigenvalue weighted by molar-refractivity contribution is 7.98. The number of thiophene rings is 1. The van der Waals surface area contributed by atoms with Gasteiger partial charge in [0.15, 0.2) is 11.0 Å². The Balaban J connectivity index is 1.57. The van der Waals surface area contributed by atoms with Gasteiger partial charge in [-0.2, -0.15) is 4.98 Å². The molecule has 1 aliphatic rings. The molecule has 3 heterocycles. The second-order valence-corrected chi connectivity index (χ2v) is 8.32. The van der Waals surface area contributed by atoms with Crippen molar-refractivity contribution in [3.05, 3.63) is 39.9 Å². The van der Waals surface area contributed by atoms with Crippen LogP contribution in [-0.4, -0.2) is 24.9 Å². The Morgan fingerprint density at radius 2 is 2.16 bits per heavy atom. The molecule has 4 rings (SSSR count).